The van der Waals surface area contributed by atoms with Gasteiger partial charge in [-0.05, 0) is 56.2 Å². The second kappa shape index (κ2) is 7.96. The lowest BCUT2D eigenvalue weighted by Crippen LogP contribution is -2.51. The van der Waals surface area contributed by atoms with Crippen LogP contribution in [0, 0.1) is 20.8 Å². The van der Waals surface area contributed by atoms with Crippen molar-refractivity contribution >= 4 is 33.0 Å². The molecule has 1 saturated heterocycles. The number of nitrogens with one attached hydrogen (secondary N) is 1. The van der Waals surface area contributed by atoms with Gasteiger partial charge < -0.3 is 10.2 Å². The Hall–Kier alpha value is -1.96. The molecule has 0 bridgehead atoms. The van der Waals surface area contributed by atoms with Crippen molar-refractivity contribution in [2.75, 3.05) is 31.5 Å². The summed E-state index contributed by atoms with van der Waals surface area (Å²) in [4.78, 5) is 2.38. The first-order valence-electron chi connectivity index (χ1n) is 8.98. The largest absolute Gasteiger partial charge is 0.346 e. The van der Waals surface area contributed by atoms with E-state index in [2.05, 4.69) is 5.32 Å². The van der Waals surface area contributed by atoms with Gasteiger partial charge in [-0.15, -0.1) is 0 Å². The molecule has 1 aliphatic heterocycles. The molecule has 0 saturated carbocycles. The molecule has 0 radical (unpaired) electrons. The number of sulfonamides is 1. The molecule has 3 rings (SSSR count). The number of anilines is 1. The van der Waals surface area contributed by atoms with Gasteiger partial charge in [0, 0.05) is 31.9 Å². The second-order valence-electron chi connectivity index (χ2n) is 6.90. The first kappa shape index (κ1) is 19.8. The molecule has 2 aromatic rings. The lowest BCUT2D eigenvalue weighted by molar-refractivity contribution is 0.268. The monoisotopic (exact) mass is 403 g/mol. The van der Waals surface area contributed by atoms with E-state index in [1.165, 1.54) is 4.31 Å². The molecule has 144 valence electrons. The van der Waals surface area contributed by atoms with Crippen LogP contribution >= 0.6 is 12.2 Å². The molecule has 1 heterocycles. The maximum Gasteiger partial charge on any atom is 0.243 e. The number of aryl methyl sites for hydroxylation is 3. The highest BCUT2D eigenvalue weighted by atomic mass is 32.2. The van der Waals surface area contributed by atoms with Crippen LogP contribution in [0.25, 0.3) is 0 Å². The van der Waals surface area contributed by atoms with Crippen molar-refractivity contribution in [1.29, 1.82) is 0 Å². The van der Waals surface area contributed by atoms with Crippen molar-refractivity contribution in [3.05, 3.63) is 59.2 Å². The Balaban J connectivity index is 1.64. The predicted molar refractivity (Wildman–Crippen MR) is 114 cm³/mol. The van der Waals surface area contributed by atoms with Gasteiger partial charge in [0.1, 0.15) is 0 Å². The Kier molecular flexibility index (Phi) is 5.83. The smallest absolute Gasteiger partial charge is 0.243 e. The SMILES string of the molecule is Cc1ccc(S(=O)(=O)N2CCN(C(=S)Nc3c(C)cccc3C)CC2)cc1. The summed E-state index contributed by atoms with van der Waals surface area (Å²) in [5.74, 6) is 0. The van der Waals surface area contributed by atoms with Gasteiger partial charge in [0.25, 0.3) is 0 Å². The summed E-state index contributed by atoms with van der Waals surface area (Å²) in [5.41, 5.74) is 4.34. The van der Waals surface area contributed by atoms with Gasteiger partial charge in [0.05, 0.1) is 4.90 Å². The highest BCUT2D eigenvalue weighted by Gasteiger charge is 2.29. The minimum Gasteiger partial charge on any atom is -0.346 e. The number of nitrogens with zero attached hydrogens (tertiary/aromatic N) is 2. The van der Waals surface area contributed by atoms with Gasteiger partial charge in [0.2, 0.25) is 10.0 Å². The van der Waals surface area contributed by atoms with E-state index in [0.717, 1.165) is 22.4 Å². The quantitative estimate of drug-likeness (QED) is 0.797. The molecule has 5 nitrogen and oxygen atoms in total. The Morgan fingerprint density at radius 3 is 2.04 bits per heavy atom. The van der Waals surface area contributed by atoms with E-state index in [9.17, 15) is 8.42 Å². The molecule has 2 aromatic carbocycles. The first-order chi connectivity index (χ1) is 12.8. The van der Waals surface area contributed by atoms with E-state index in [0.29, 0.717) is 36.2 Å². The van der Waals surface area contributed by atoms with Crippen LogP contribution in [0.5, 0.6) is 0 Å². The zero-order valence-corrected chi connectivity index (χ0v) is 17.5. The summed E-state index contributed by atoms with van der Waals surface area (Å²) < 4.78 is 27.2. The summed E-state index contributed by atoms with van der Waals surface area (Å²) in [6.45, 7) is 8.02. The molecule has 7 heteroatoms. The van der Waals surface area contributed by atoms with Crippen molar-refractivity contribution in [3.8, 4) is 0 Å². The van der Waals surface area contributed by atoms with Crippen LogP contribution in [0.3, 0.4) is 0 Å². The number of hydrogen-bond donors (Lipinski definition) is 1. The number of thiocarbonyl (C=S) groups is 1. The van der Waals surface area contributed by atoms with E-state index >= 15 is 0 Å². The highest BCUT2D eigenvalue weighted by molar-refractivity contribution is 7.89. The number of rotatable bonds is 3. The number of hydrogen-bond acceptors (Lipinski definition) is 3. The summed E-state index contributed by atoms with van der Waals surface area (Å²) in [5, 5.41) is 3.97. The topological polar surface area (TPSA) is 52.7 Å². The van der Waals surface area contributed by atoms with Crippen LogP contribution in [-0.2, 0) is 10.0 Å². The van der Waals surface area contributed by atoms with Gasteiger partial charge in [-0.1, -0.05) is 35.9 Å². The van der Waals surface area contributed by atoms with Gasteiger partial charge in [-0.25, -0.2) is 8.42 Å². The lowest BCUT2D eigenvalue weighted by atomic mass is 10.1. The van der Waals surface area contributed by atoms with Crippen LogP contribution in [0.2, 0.25) is 0 Å². The summed E-state index contributed by atoms with van der Waals surface area (Å²) >= 11 is 5.56. The fourth-order valence-electron chi connectivity index (χ4n) is 3.19. The molecular weight excluding hydrogens is 378 g/mol. The molecular formula is C20H25N3O2S2. The van der Waals surface area contributed by atoms with E-state index < -0.39 is 10.0 Å². The Morgan fingerprint density at radius 2 is 1.48 bits per heavy atom. The van der Waals surface area contributed by atoms with E-state index in [-0.39, 0.29) is 0 Å². The van der Waals surface area contributed by atoms with Gasteiger partial charge >= 0.3 is 0 Å². The molecule has 1 fully saturated rings. The van der Waals surface area contributed by atoms with E-state index in [4.69, 9.17) is 12.2 Å². The normalized spacial score (nSPS) is 15.6. The average Bonchev–Trinajstić information content (AvgIpc) is 2.65. The second-order valence-corrected chi connectivity index (χ2v) is 9.23. The van der Waals surface area contributed by atoms with Gasteiger partial charge in [-0.3, -0.25) is 0 Å². The minimum atomic E-state index is -3.46. The third-order valence-electron chi connectivity index (χ3n) is 4.90. The maximum absolute atomic E-state index is 12.8. The van der Waals surface area contributed by atoms with Gasteiger partial charge in [0.15, 0.2) is 5.11 Å². The van der Waals surface area contributed by atoms with Crippen molar-refractivity contribution in [2.45, 2.75) is 25.7 Å². The molecule has 1 aliphatic rings. The Labute approximate surface area is 167 Å². The van der Waals surface area contributed by atoms with Crippen molar-refractivity contribution in [3.63, 3.8) is 0 Å². The minimum absolute atomic E-state index is 0.345. The van der Waals surface area contributed by atoms with Crippen molar-refractivity contribution < 1.29 is 8.42 Å². The number of piperazine rings is 1. The molecule has 0 atom stereocenters. The standard InChI is InChI=1S/C20H25N3O2S2/c1-15-7-9-18(10-8-15)27(24,25)23-13-11-22(12-14-23)20(26)21-19-16(2)5-4-6-17(19)3/h4-10H,11-14H2,1-3H3,(H,21,26). The molecule has 0 spiro atoms. The van der Waals surface area contributed by atoms with Crippen LogP contribution < -0.4 is 5.32 Å². The molecule has 1 N–H and O–H groups in total. The zero-order valence-electron chi connectivity index (χ0n) is 15.9. The van der Waals surface area contributed by atoms with Crippen molar-refractivity contribution in [1.82, 2.24) is 9.21 Å². The number of para-hydroxylation sites is 1. The Morgan fingerprint density at radius 1 is 0.926 bits per heavy atom. The molecule has 0 aliphatic carbocycles. The fourth-order valence-corrected chi connectivity index (χ4v) is 4.90. The summed E-state index contributed by atoms with van der Waals surface area (Å²) in [6.07, 6.45) is 0. The fraction of sp³-hybridized carbons (Fsp3) is 0.350. The van der Waals surface area contributed by atoms with Crippen LogP contribution in [-0.4, -0.2) is 48.9 Å². The predicted octanol–water partition coefficient (Wildman–Crippen LogP) is 3.32. The van der Waals surface area contributed by atoms with E-state index in [1.807, 2.05) is 56.0 Å². The zero-order chi connectivity index (χ0) is 19.6. The first-order valence-corrected chi connectivity index (χ1v) is 10.8. The summed E-state index contributed by atoms with van der Waals surface area (Å²) in [6, 6.07) is 13.1. The van der Waals surface area contributed by atoms with Crippen LogP contribution in [0.1, 0.15) is 16.7 Å². The van der Waals surface area contributed by atoms with Crippen molar-refractivity contribution in [2.24, 2.45) is 0 Å². The number of benzene rings is 2. The Bertz CT molecular complexity index is 912. The molecule has 0 aromatic heterocycles. The lowest BCUT2D eigenvalue weighted by Gasteiger charge is -2.35. The average molecular weight is 404 g/mol. The van der Waals surface area contributed by atoms with Crippen LogP contribution in [0.4, 0.5) is 5.69 Å². The molecule has 27 heavy (non-hydrogen) atoms. The highest BCUT2D eigenvalue weighted by Crippen LogP contribution is 2.21. The molecule has 0 amide bonds. The molecule has 0 unspecified atom stereocenters. The third kappa shape index (κ3) is 4.31. The van der Waals surface area contributed by atoms with Gasteiger partial charge in [-0.2, -0.15) is 4.31 Å². The third-order valence-corrected chi connectivity index (χ3v) is 7.17. The van der Waals surface area contributed by atoms with E-state index in [1.54, 1.807) is 12.1 Å². The van der Waals surface area contributed by atoms with Crippen LogP contribution in [0.15, 0.2) is 47.4 Å². The maximum atomic E-state index is 12.8. The summed E-state index contributed by atoms with van der Waals surface area (Å²) in [7, 11) is -3.46.